The van der Waals surface area contributed by atoms with Gasteiger partial charge in [0, 0.05) is 23.3 Å². The summed E-state index contributed by atoms with van der Waals surface area (Å²) in [5, 5.41) is 0. The Kier molecular flexibility index (Phi) is 3.25. The zero-order chi connectivity index (χ0) is 11.5. The molecule has 0 atom stereocenters. The van der Waals surface area contributed by atoms with Gasteiger partial charge >= 0.3 is 0 Å². The number of nitrogens with zero attached hydrogens (tertiary/aromatic N) is 1. The highest BCUT2D eigenvalue weighted by atomic mass is 35.5. The molecule has 0 bridgehead atoms. The number of rotatable bonds is 2. The molecule has 1 heterocycles. The van der Waals surface area contributed by atoms with Crippen LogP contribution in [0, 0.1) is 13.8 Å². The van der Waals surface area contributed by atoms with Gasteiger partial charge in [-0.05, 0) is 36.6 Å². The molecule has 1 aromatic carbocycles. The van der Waals surface area contributed by atoms with Gasteiger partial charge < -0.3 is 0 Å². The molecule has 1 nitrogen and oxygen atoms in total. The molecule has 82 valence electrons. The number of hydrogen-bond donors (Lipinski definition) is 0. The molecule has 0 saturated carbocycles. The van der Waals surface area contributed by atoms with Gasteiger partial charge in [0.05, 0.1) is 0 Å². The van der Waals surface area contributed by atoms with Gasteiger partial charge in [-0.2, -0.15) is 0 Å². The van der Waals surface area contributed by atoms with Gasteiger partial charge in [-0.1, -0.05) is 24.3 Å². The largest absolute Gasteiger partial charge is 0.261 e. The average Bonchev–Trinajstić information content (AvgIpc) is 2.29. The van der Waals surface area contributed by atoms with E-state index in [1.807, 2.05) is 19.2 Å². The van der Waals surface area contributed by atoms with Crippen molar-refractivity contribution in [2.45, 2.75) is 19.7 Å². The van der Waals surface area contributed by atoms with Gasteiger partial charge in [0.25, 0.3) is 0 Å². The van der Waals surface area contributed by atoms with Gasteiger partial charge in [-0.15, -0.1) is 11.6 Å². The van der Waals surface area contributed by atoms with Crippen molar-refractivity contribution >= 4 is 11.6 Å². The minimum Gasteiger partial charge on any atom is -0.261 e. The molecule has 16 heavy (non-hydrogen) atoms. The Morgan fingerprint density at radius 2 is 2.00 bits per heavy atom. The quantitative estimate of drug-likeness (QED) is 0.709. The highest BCUT2D eigenvalue weighted by molar-refractivity contribution is 6.17. The number of halogens is 1. The Morgan fingerprint density at radius 3 is 2.62 bits per heavy atom. The van der Waals surface area contributed by atoms with E-state index in [1.165, 1.54) is 22.3 Å². The number of aromatic nitrogens is 1. The van der Waals surface area contributed by atoms with E-state index in [-0.39, 0.29) is 0 Å². The molecule has 2 heteroatoms. The number of pyridine rings is 1. The molecule has 0 aliphatic carbocycles. The van der Waals surface area contributed by atoms with Crippen molar-refractivity contribution in [1.82, 2.24) is 4.98 Å². The minimum atomic E-state index is 0.568. The van der Waals surface area contributed by atoms with Crippen LogP contribution in [-0.4, -0.2) is 4.98 Å². The zero-order valence-electron chi connectivity index (χ0n) is 9.50. The van der Waals surface area contributed by atoms with Crippen LogP contribution in [0.1, 0.15) is 16.8 Å². The number of hydrogen-bond acceptors (Lipinski definition) is 1. The van der Waals surface area contributed by atoms with Crippen LogP contribution in [0.4, 0.5) is 0 Å². The Bertz CT molecular complexity index is 506. The summed E-state index contributed by atoms with van der Waals surface area (Å²) in [6.45, 7) is 4.12. The van der Waals surface area contributed by atoms with E-state index in [0.717, 1.165) is 5.69 Å². The lowest BCUT2D eigenvalue weighted by Gasteiger charge is -2.08. The van der Waals surface area contributed by atoms with Crippen LogP contribution in [0.2, 0.25) is 0 Å². The van der Waals surface area contributed by atoms with Gasteiger partial charge in [-0.3, -0.25) is 4.98 Å². The average molecular weight is 232 g/mol. The first-order valence-electron chi connectivity index (χ1n) is 5.30. The molecule has 1 aromatic heterocycles. The second-order valence-electron chi connectivity index (χ2n) is 3.91. The Labute approximate surface area is 101 Å². The summed E-state index contributed by atoms with van der Waals surface area (Å²) in [5.74, 6) is 0.568. The van der Waals surface area contributed by atoms with E-state index in [0.29, 0.717) is 5.88 Å². The van der Waals surface area contributed by atoms with Crippen molar-refractivity contribution in [1.29, 1.82) is 0 Å². The van der Waals surface area contributed by atoms with Crippen molar-refractivity contribution in [3.63, 3.8) is 0 Å². The lowest BCUT2D eigenvalue weighted by Crippen LogP contribution is -1.89. The van der Waals surface area contributed by atoms with Gasteiger partial charge in [0.15, 0.2) is 0 Å². The van der Waals surface area contributed by atoms with Gasteiger partial charge in [0.2, 0.25) is 0 Å². The van der Waals surface area contributed by atoms with Gasteiger partial charge in [0.1, 0.15) is 0 Å². The molecular formula is C14H14ClN. The molecule has 0 amide bonds. The smallest absolute Gasteiger partial charge is 0.0476 e. The summed E-state index contributed by atoms with van der Waals surface area (Å²) in [7, 11) is 0. The predicted molar refractivity (Wildman–Crippen MR) is 68.7 cm³/mol. The molecule has 0 N–H and O–H groups in total. The highest BCUT2D eigenvalue weighted by Gasteiger charge is 2.04. The normalized spacial score (nSPS) is 10.4. The molecular weight excluding hydrogens is 218 g/mol. The summed E-state index contributed by atoms with van der Waals surface area (Å²) in [5.41, 5.74) is 5.87. The SMILES string of the molecule is Cc1cc(-c2cccnc2C)ccc1CCl. The van der Waals surface area contributed by atoms with E-state index in [2.05, 4.69) is 36.2 Å². The first-order chi connectivity index (χ1) is 7.72. The lowest BCUT2D eigenvalue weighted by atomic mass is 10.00. The van der Waals surface area contributed by atoms with Crippen molar-refractivity contribution in [3.05, 3.63) is 53.3 Å². The third kappa shape index (κ3) is 2.10. The zero-order valence-corrected chi connectivity index (χ0v) is 10.3. The van der Waals surface area contributed by atoms with Crippen molar-refractivity contribution in [3.8, 4) is 11.1 Å². The molecule has 0 fully saturated rings. The van der Waals surface area contributed by atoms with E-state index in [9.17, 15) is 0 Å². The van der Waals surface area contributed by atoms with Crippen LogP contribution in [0.5, 0.6) is 0 Å². The third-order valence-corrected chi connectivity index (χ3v) is 3.09. The van der Waals surface area contributed by atoms with Crippen LogP contribution in [-0.2, 0) is 5.88 Å². The van der Waals surface area contributed by atoms with E-state index in [1.54, 1.807) is 0 Å². The summed E-state index contributed by atoms with van der Waals surface area (Å²) < 4.78 is 0. The molecule has 0 aliphatic rings. The van der Waals surface area contributed by atoms with Crippen molar-refractivity contribution in [2.24, 2.45) is 0 Å². The molecule has 2 aromatic rings. The molecule has 0 spiro atoms. The standard InChI is InChI=1S/C14H14ClN/c1-10-8-12(5-6-13(10)9-15)14-4-3-7-16-11(14)2/h3-8H,9H2,1-2H3. The van der Waals surface area contributed by atoms with E-state index in [4.69, 9.17) is 11.6 Å². The number of benzene rings is 1. The van der Waals surface area contributed by atoms with Crippen LogP contribution in [0.15, 0.2) is 36.5 Å². The first kappa shape index (κ1) is 11.2. The third-order valence-electron chi connectivity index (χ3n) is 2.80. The van der Waals surface area contributed by atoms with E-state index < -0.39 is 0 Å². The fourth-order valence-corrected chi connectivity index (χ4v) is 2.10. The maximum Gasteiger partial charge on any atom is 0.0476 e. The monoisotopic (exact) mass is 231 g/mol. The number of alkyl halides is 1. The molecule has 2 rings (SSSR count). The summed E-state index contributed by atoms with van der Waals surface area (Å²) in [6, 6.07) is 10.4. The topological polar surface area (TPSA) is 12.9 Å². The van der Waals surface area contributed by atoms with Crippen LogP contribution < -0.4 is 0 Å². The highest BCUT2D eigenvalue weighted by Crippen LogP contribution is 2.24. The lowest BCUT2D eigenvalue weighted by molar-refractivity contribution is 1.20. The predicted octanol–water partition coefficient (Wildman–Crippen LogP) is 4.10. The Morgan fingerprint density at radius 1 is 1.19 bits per heavy atom. The summed E-state index contributed by atoms with van der Waals surface area (Å²) in [4.78, 5) is 4.30. The fourth-order valence-electron chi connectivity index (χ4n) is 1.80. The Balaban J connectivity index is 2.50. The van der Waals surface area contributed by atoms with Crippen LogP contribution in [0.3, 0.4) is 0 Å². The maximum atomic E-state index is 5.85. The van der Waals surface area contributed by atoms with Crippen molar-refractivity contribution < 1.29 is 0 Å². The molecule has 0 radical (unpaired) electrons. The number of aryl methyl sites for hydroxylation is 2. The summed E-state index contributed by atoms with van der Waals surface area (Å²) >= 11 is 5.85. The second kappa shape index (κ2) is 4.67. The van der Waals surface area contributed by atoms with Gasteiger partial charge in [-0.25, -0.2) is 0 Å². The first-order valence-corrected chi connectivity index (χ1v) is 5.83. The molecule has 0 saturated heterocycles. The van der Waals surface area contributed by atoms with Crippen LogP contribution in [0.25, 0.3) is 11.1 Å². The fraction of sp³-hybridized carbons (Fsp3) is 0.214. The molecule has 0 unspecified atom stereocenters. The van der Waals surface area contributed by atoms with E-state index >= 15 is 0 Å². The van der Waals surface area contributed by atoms with Crippen molar-refractivity contribution in [2.75, 3.05) is 0 Å². The minimum absolute atomic E-state index is 0.568. The second-order valence-corrected chi connectivity index (χ2v) is 4.18. The summed E-state index contributed by atoms with van der Waals surface area (Å²) in [6.07, 6.45) is 1.82. The Hall–Kier alpha value is -1.34. The molecule has 0 aliphatic heterocycles. The van der Waals surface area contributed by atoms with Crippen LogP contribution >= 0.6 is 11.6 Å². The maximum absolute atomic E-state index is 5.85.